The number of hydrogen-bond acceptors (Lipinski definition) is 0. The lowest BCUT2D eigenvalue weighted by Gasteiger charge is -2.11. The van der Waals surface area contributed by atoms with Crippen LogP contribution in [-0.2, 0) is 0 Å². The minimum atomic E-state index is -0.248. The quantitative estimate of drug-likeness (QED) is 0.405. The molecule has 0 N–H and O–H groups in total. The van der Waals surface area contributed by atoms with Crippen molar-refractivity contribution in [2.45, 2.75) is 75.3 Å². The molecule has 0 nitrogen and oxygen atoms in total. The Hall–Kier alpha value is 0.868. The predicted molar refractivity (Wildman–Crippen MR) is 92.9 cm³/mol. The zero-order chi connectivity index (χ0) is 12.2. The molecule has 0 aromatic rings. The summed E-state index contributed by atoms with van der Waals surface area (Å²) in [6, 6.07) is 9.91. The van der Waals surface area contributed by atoms with Crippen molar-refractivity contribution in [1.82, 2.24) is 0 Å². The lowest BCUT2D eigenvalue weighted by Crippen LogP contribution is -2.09. The van der Waals surface area contributed by atoms with Crippen LogP contribution in [0.25, 0.3) is 0 Å². The van der Waals surface area contributed by atoms with Gasteiger partial charge in [0.1, 0.15) is 0 Å². The van der Waals surface area contributed by atoms with Crippen LogP contribution >= 0.6 is 0 Å². The Morgan fingerprint density at radius 2 is 1.06 bits per heavy atom. The van der Waals surface area contributed by atoms with Gasteiger partial charge in [-0.05, 0) is 0 Å². The molecule has 0 radical (unpaired) electrons. The molecule has 0 fully saturated rings. The first-order valence-electron chi connectivity index (χ1n) is 7.70. The van der Waals surface area contributed by atoms with E-state index in [-0.39, 0.29) is 17.6 Å². The molecule has 2 unspecified atom stereocenters. The molecule has 0 saturated carbocycles. The molecule has 0 rings (SSSR count). The standard InChI is InChI=1S/C12H34Si4/c1-13-7-11-15(3)9-5-6-10-16(4)12-8-14-2/h15-16H,5-14H2,1-4H3. The van der Waals surface area contributed by atoms with Crippen LogP contribution in [0.2, 0.25) is 62.5 Å². The summed E-state index contributed by atoms with van der Waals surface area (Å²) in [7, 11) is 0.235. The summed E-state index contributed by atoms with van der Waals surface area (Å²) in [4.78, 5) is 0. The molecule has 16 heavy (non-hydrogen) atoms. The lowest BCUT2D eigenvalue weighted by atomic mass is 10.4. The van der Waals surface area contributed by atoms with Crippen LogP contribution in [0, 0.1) is 0 Å². The van der Waals surface area contributed by atoms with Crippen LogP contribution in [0.15, 0.2) is 0 Å². The summed E-state index contributed by atoms with van der Waals surface area (Å²) in [6.45, 7) is 10.1. The van der Waals surface area contributed by atoms with Crippen molar-refractivity contribution in [2.24, 2.45) is 0 Å². The highest BCUT2D eigenvalue weighted by Crippen LogP contribution is 2.13. The van der Waals surface area contributed by atoms with Gasteiger partial charge in [-0.1, -0.05) is 75.3 Å². The van der Waals surface area contributed by atoms with Gasteiger partial charge in [-0.2, -0.15) is 0 Å². The average molecular weight is 291 g/mol. The first-order chi connectivity index (χ1) is 7.70. The fourth-order valence-electron chi connectivity index (χ4n) is 2.38. The van der Waals surface area contributed by atoms with Crippen LogP contribution in [0.3, 0.4) is 0 Å². The highest BCUT2D eigenvalue weighted by molar-refractivity contribution is 6.59. The van der Waals surface area contributed by atoms with Gasteiger partial charge in [-0.15, -0.1) is 0 Å². The minimum absolute atomic E-state index is 0.248. The summed E-state index contributed by atoms with van der Waals surface area (Å²) < 4.78 is 0. The Bertz CT molecular complexity index is 125. The van der Waals surface area contributed by atoms with Gasteiger partial charge >= 0.3 is 0 Å². The fourth-order valence-corrected chi connectivity index (χ4v) is 13.8. The molecule has 0 spiro atoms. The molecule has 0 aliphatic rings. The Morgan fingerprint density at radius 1 is 0.688 bits per heavy atom. The smallest absolute Gasteiger partial charge is 0.0333 e. The second-order valence-corrected chi connectivity index (χ2v) is 15.9. The lowest BCUT2D eigenvalue weighted by molar-refractivity contribution is 0.859. The highest BCUT2D eigenvalue weighted by atomic mass is 28.3. The van der Waals surface area contributed by atoms with Crippen molar-refractivity contribution in [3.63, 3.8) is 0 Å². The summed E-state index contributed by atoms with van der Waals surface area (Å²) in [5, 5.41) is 0. The van der Waals surface area contributed by atoms with Crippen LogP contribution in [0.4, 0.5) is 0 Å². The zero-order valence-electron chi connectivity index (χ0n) is 12.2. The molecule has 0 saturated heterocycles. The van der Waals surface area contributed by atoms with Gasteiger partial charge in [-0.25, -0.2) is 0 Å². The summed E-state index contributed by atoms with van der Waals surface area (Å²) in [5.41, 5.74) is 0. The van der Waals surface area contributed by atoms with Crippen molar-refractivity contribution in [1.29, 1.82) is 0 Å². The van der Waals surface area contributed by atoms with Gasteiger partial charge in [0.25, 0.3) is 0 Å². The molecule has 0 aromatic carbocycles. The van der Waals surface area contributed by atoms with E-state index in [1.54, 1.807) is 49.1 Å². The maximum absolute atomic E-state index is 2.60. The third-order valence-electron chi connectivity index (χ3n) is 3.74. The normalized spacial score (nSPS) is 16.5. The third kappa shape index (κ3) is 11.4. The molecular weight excluding hydrogens is 256 g/mol. The van der Waals surface area contributed by atoms with Crippen molar-refractivity contribution in [2.75, 3.05) is 0 Å². The monoisotopic (exact) mass is 290 g/mol. The van der Waals surface area contributed by atoms with E-state index in [4.69, 9.17) is 0 Å². The van der Waals surface area contributed by atoms with E-state index in [0.717, 1.165) is 0 Å². The molecule has 4 heteroatoms. The molecular formula is C12H34Si4. The maximum Gasteiger partial charge on any atom is 0.0333 e. The van der Waals surface area contributed by atoms with Gasteiger partial charge in [0.15, 0.2) is 0 Å². The first-order valence-corrected chi connectivity index (χ1v) is 18.1. The topological polar surface area (TPSA) is 0 Å². The molecule has 0 aromatic heterocycles. The average Bonchev–Trinajstić information content (AvgIpc) is 2.29. The molecule has 0 bridgehead atoms. The first kappa shape index (κ1) is 16.9. The Labute approximate surface area is 112 Å². The Balaban J connectivity index is 3.24. The van der Waals surface area contributed by atoms with E-state index in [0.29, 0.717) is 19.0 Å². The second-order valence-electron chi connectivity index (χ2n) is 5.78. The summed E-state index contributed by atoms with van der Waals surface area (Å²) >= 11 is 0. The van der Waals surface area contributed by atoms with Crippen molar-refractivity contribution >= 4 is 36.6 Å². The van der Waals surface area contributed by atoms with Crippen molar-refractivity contribution < 1.29 is 0 Å². The van der Waals surface area contributed by atoms with Gasteiger partial charge in [-0.3, -0.25) is 0 Å². The maximum atomic E-state index is 2.60. The summed E-state index contributed by atoms with van der Waals surface area (Å²) in [5.74, 6) is 0. The van der Waals surface area contributed by atoms with Gasteiger partial charge in [0, 0.05) is 36.6 Å². The number of rotatable bonds is 11. The molecule has 0 heterocycles. The summed E-state index contributed by atoms with van der Waals surface area (Å²) in [6.07, 6.45) is 3.17. The van der Waals surface area contributed by atoms with E-state index in [9.17, 15) is 0 Å². The molecule has 0 aliphatic heterocycles. The van der Waals surface area contributed by atoms with Crippen molar-refractivity contribution in [3.05, 3.63) is 0 Å². The highest BCUT2D eigenvalue weighted by Gasteiger charge is 2.05. The zero-order valence-corrected chi connectivity index (χ0v) is 17.4. The van der Waals surface area contributed by atoms with Gasteiger partial charge < -0.3 is 0 Å². The number of hydrogen-bond donors (Lipinski definition) is 0. The molecule has 2 atom stereocenters. The van der Waals surface area contributed by atoms with Crippen LogP contribution in [0.1, 0.15) is 12.8 Å². The SMILES string of the molecule is C[SiH2]CC[SiH](C)CCCC[SiH](C)CC[SiH2]C. The van der Waals surface area contributed by atoms with E-state index in [2.05, 4.69) is 26.2 Å². The van der Waals surface area contributed by atoms with Gasteiger partial charge in [0.2, 0.25) is 0 Å². The van der Waals surface area contributed by atoms with E-state index >= 15 is 0 Å². The van der Waals surface area contributed by atoms with E-state index in [1.807, 2.05) is 0 Å². The number of unbranched alkanes of at least 4 members (excludes halogenated alkanes) is 1. The largest absolute Gasteiger partial charge is 0.0748 e. The second kappa shape index (κ2) is 12.3. The van der Waals surface area contributed by atoms with E-state index < -0.39 is 0 Å². The third-order valence-corrected chi connectivity index (χ3v) is 13.2. The predicted octanol–water partition coefficient (Wildman–Crippen LogP) is 2.75. The Morgan fingerprint density at radius 3 is 1.38 bits per heavy atom. The molecule has 98 valence electrons. The fraction of sp³-hybridized carbons (Fsp3) is 1.00. The minimum Gasteiger partial charge on any atom is -0.0748 e. The molecule has 0 aliphatic carbocycles. The van der Waals surface area contributed by atoms with Gasteiger partial charge in [0.05, 0.1) is 0 Å². The molecule has 0 amide bonds. The van der Waals surface area contributed by atoms with Crippen LogP contribution in [0.5, 0.6) is 0 Å². The van der Waals surface area contributed by atoms with Crippen LogP contribution in [-0.4, -0.2) is 36.6 Å². The van der Waals surface area contributed by atoms with Crippen molar-refractivity contribution in [3.8, 4) is 0 Å². The van der Waals surface area contributed by atoms with E-state index in [1.165, 1.54) is 0 Å². The Kier molecular flexibility index (Phi) is 13.0. The van der Waals surface area contributed by atoms with Crippen LogP contribution < -0.4 is 0 Å².